The molecule has 2 unspecified atom stereocenters. The number of Topliss-reactive ketones (excluding diaryl/α,β-unsaturated/α-hetero) is 1. The molecule has 0 spiro atoms. The molecule has 43 heavy (non-hydrogen) atoms. The van der Waals surface area contributed by atoms with Gasteiger partial charge in [-0.3, -0.25) is 14.8 Å². The molecule has 7 heteroatoms. The van der Waals surface area contributed by atoms with Crippen molar-refractivity contribution in [3.05, 3.63) is 60.2 Å². The Morgan fingerprint density at radius 1 is 0.860 bits per heavy atom. The van der Waals surface area contributed by atoms with Crippen molar-refractivity contribution in [2.45, 2.75) is 130 Å². The Labute approximate surface area is 259 Å². The topological polar surface area (TPSA) is 87.6 Å². The van der Waals surface area contributed by atoms with Gasteiger partial charge in [-0.25, -0.2) is 4.79 Å². The van der Waals surface area contributed by atoms with E-state index in [-0.39, 0.29) is 35.0 Å². The normalized spacial score (nSPS) is 16.5. The zero-order chi connectivity index (χ0) is 31.0. The van der Waals surface area contributed by atoms with Gasteiger partial charge in [-0.1, -0.05) is 66.2 Å². The van der Waals surface area contributed by atoms with Crippen molar-refractivity contribution in [3.8, 4) is 0 Å². The molecule has 2 aromatic rings. The van der Waals surface area contributed by atoms with Crippen LogP contribution in [0.4, 0.5) is 0 Å². The molecule has 3 heterocycles. The molecule has 238 valence electrons. The highest BCUT2D eigenvalue weighted by Crippen LogP contribution is 2.30. The second-order valence-electron chi connectivity index (χ2n) is 13.7. The van der Waals surface area contributed by atoms with Crippen molar-refractivity contribution < 1.29 is 23.8 Å². The highest BCUT2D eigenvalue weighted by Gasteiger charge is 2.24. The van der Waals surface area contributed by atoms with E-state index >= 15 is 0 Å². The fourth-order valence-corrected chi connectivity index (χ4v) is 5.67. The number of esters is 1. The molecular formula is C36H54N2O5. The average Bonchev–Trinajstić information content (AvgIpc) is 3.00. The van der Waals surface area contributed by atoms with Gasteiger partial charge in [0.15, 0.2) is 12.1 Å². The molecule has 0 N–H and O–H groups in total. The summed E-state index contributed by atoms with van der Waals surface area (Å²) in [6.45, 7) is 9.90. The number of pyridine rings is 2. The Balaban J connectivity index is 1.34. The number of ether oxygens (including phenoxy) is 3. The van der Waals surface area contributed by atoms with Crippen LogP contribution in [0.15, 0.2) is 49.1 Å². The lowest BCUT2D eigenvalue weighted by molar-refractivity contribution is -0.190. The van der Waals surface area contributed by atoms with Crippen molar-refractivity contribution in [1.82, 2.24) is 9.97 Å². The van der Waals surface area contributed by atoms with Crippen molar-refractivity contribution >= 4 is 11.8 Å². The number of carbonyl (C=O) groups is 2. The molecule has 0 saturated carbocycles. The Bertz CT molecular complexity index is 1070. The van der Waals surface area contributed by atoms with E-state index in [2.05, 4.69) is 37.7 Å². The number of aromatic nitrogens is 2. The quantitative estimate of drug-likeness (QED) is 0.0860. The highest BCUT2D eigenvalue weighted by molar-refractivity contribution is 5.96. The van der Waals surface area contributed by atoms with Gasteiger partial charge in [-0.05, 0) is 80.0 Å². The molecule has 0 aromatic carbocycles. The fourth-order valence-electron chi connectivity index (χ4n) is 5.67. The zero-order valence-corrected chi connectivity index (χ0v) is 27.0. The van der Waals surface area contributed by atoms with E-state index in [9.17, 15) is 9.59 Å². The van der Waals surface area contributed by atoms with Crippen LogP contribution < -0.4 is 0 Å². The lowest BCUT2D eigenvalue weighted by atomic mass is 9.81. The Morgan fingerprint density at radius 3 is 2.07 bits per heavy atom. The molecule has 0 aliphatic carbocycles. The van der Waals surface area contributed by atoms with Crippen molar-refractivity contribution in [2.75, 3.05) is 13.2 Å². The second kappa shape index (κ2) is 18.2. The van der Waals surface area contributed by atoms with E-state index in [4.69, 9.17) is 14.2 Å². The predicted molar refractivity (Wildman–Crippen MR) is 170 cm³/mol. The van der Waals surface area contributed by atoms with E-state index < -0.39 is 0 Å². The molecule has 1 aliphatic rings. The summed E-state index contributed by atoms with van der Waals surface area (Å²) < 4.78 is 17.9. The Morgan fingerprint density at radius 2 is 1.49 bits per heavy atom. The zero-order valence-electron chi connectivity index (χ0n) is 27.0. The van der Waals surface area contributed by atoms with Gasteiger partial charge in [-0.15, -0.1) is 0 Å². The van der Waals surface area contributed by atoms with E-state index in [0.29, 0.717) is 24.2 Å². The number of unbranched alkanes of at least 4 members (excludes halogenated alkanes) is 4. The first-order valence-corrected chi connectivity index (χ1v) is 16.4. The molecule has 3 rings (SSSR count). The summed E-state index contributed by atoms with van der Waals surface area (Å²) in [6.07, 6.45) is 21.4. The standard InChI is InChI=1S/C36H54N2O5/c1-35(2,25-32(39)29-15-13-22-37-26-29)20-10-5-7-17-31(43-33-19-9-12-24-41-33)18-8-6-11-21-36(3,4)28-42-34(40)30-16-14-23-38-27-30/h13-16,22-23,26-27,31,33H,5-12,17-21,24-25,28H2,1-4H3. The van der Waals surface area contributed by atoms with Crippen LogP contribution in [0.2, 0.25) is 0 Å². The molecule has 0 bridgehead atoms. The first kappa shape index (κ1) is 34.8. The third-order valence-electron chi connectivity index (χ3n) is 8.36. The van der Waals surface area contributed by atoms with Crippen LogP contribution in [-0.2, 0) is 14.2 Å². The van der Waals surface area contributed by atoms with Gasteiger partial charge in [0.1, 0.15) is 0 Å². The van der Waals surface area contributed by atoms with Gasteiger partial charge in [-0.2, -0.15) is 0 Å². The fraction of sp³-hybridized carbons (Fsp3) is 0.667. The summed E-state index contributed by atoms with van der Waals surface area (Å²) in [7, 11) is 0. The molecule has 1 aliphatic heterocycles. The van der Waals surface area contributed by atoms with Gasteiger partial charge in [0.05, 0.1) is 18.3 Å². The monoisotopic (exact) mass is 594 g/mol. The minimum absolute atomic E-state index is 0.0242. The van der Waals surface area contributed by atoms with Crippen LogP contribution in [0.3, 0.4) is 0 Å². The largest absolute Gasteiger partial charge is 0.461 e. The number of ketones is 1. The van der Waals surface area contributed by atoms with E-state index in [1.807, 2.05) is 12.1 Å². The van der Waals surface area contributed by atoms with Crippen molar-refractivity contribution in [3.63, 3.8) is 0 Å². The van der Waals surface area contributed by atoms with Crippen LogP contribution in [0, 0.1) is 10.8 Å². The van der Waals surface area contributed by atoms with E-state index in [1.165, 1.54) is 6.42 Å². The summed E-state index contributed by atoms with van der Waals surface area (Å²) in [5.74, 6) is -0.138. The summed E-state index contributed by atoms with van der Waals surface area (Å²) in [5.41, 5.74) is 1.10. The van der Waals surface area contributed by atoms with Crippen molar-refractivity contribution in [2.24, 2.45) is 10.8 Å². The second-order valence-corrected chi connectivity index (χ2v) is 13.7. The lowest BCUT2D eigenvalue weighted by Gasteiger charge is -2.28. The highest BCUT2D eigenvalue weighted by atomic mass is 16.7. The van der Waals surface area contributed by atoms with Gasteiger partial charge < -0.3 is 14.2 Å². The number of hydrogen-bond acceptors (Lipinski definition) is 7. The molecule has 0 radical (unpaired) electrons. The van der Waals surface area contributed by atoms with Gasteiger partial charge in [0.25, 0.3) is 0 Å². The summed E-state index contributed by atoms with van der Waals surface area (Å²) >= 11 is 0. The molecule has 2 atom stereocenters. The minimum Gasteiger partial charge on any atom is -0.461 e. The maximum absolute atomic E-state index is 12.7. The lowest BCUT2D eigenvalue weighted by Crippen LogP contribution is -2.28. The number of carbonyl (C=O) groups excluding carboxylic acids is 2. The summed E-state index contributed by atoms with van der Waals surface area (Å²) in [5, 5.41) is 0. The minimum atomic E-state index is -0.312. The smallest absolute Gasteiger partial charge is 0.339 e. The molecule has 7 nitrogen and oxygen atoms in total. The average molecular weight is 595 g/mol. The van der Waals surface area contributed by atoms with Crippen molar-refractivity contribution in [1.29, 1.82) is 0 Å². The van der Waals surface area contributed by atoms with Crippen LogP contribution in [-0.4, -0.2) is 47.3 Å². The maximum atomic E-state index is 12.7. The Hall–Kier alpha value is -2.64. The number of rotatable bonds is 20. The molecule has 1 saturated heterocycles. The molecular weight excluding hydrogens is 540 g/mol. The number of hydrogen-bond donors (Lipinski definition) is 0. The molecule has 1 fully saturated rings. The van der Waals surface area contributed by atoms with E-state index in [0.717, 1.165) is 83.7 Å². The van der Waals surface area contributed by atoms with Crippen LogP contribution in [0.5, 0.6) is 0 Å². The Kier molecular flexibility index (Phi) is 14.8. The third-order valence-corrected chi connectivity index (χ3v) is 8.36. The van der Waals surface area contributed by atoms with E-state index in [1.54, 1.807) is 36.9 Å². The van der Waals surface area contributed by atoms with Crippen LogP contribution in [0.25, 0.3) is 0 Å². The SMILES string of the molecule is CC(C)(CCCCCC(CCCCCC(C)(C)CC(=O)c1cccnc1)OC1CCCCO1)COC(=O)c1cccnc1. The number of nitrogens with zero attached hydrogens (tertiary/aromatic N) is 2. The van der Waals surface area contributed by atoms with Crippen LogP contribution >= 0.6 is 0 Å². The van der Waals surface area contributed by atoms with Crippen LogP contribution in [0.1, 0.15) is 138 Å². The maximum Gasteiger partial charge on any atom is 0.339 e. The van der Waals surface area contributed by atoms with Gasteiger partial charge in [0.2, 0.25) is 0 Å². The predicted octanol–water partition coefficient (Wildman–Crippen LogP) is 8.77. The molecule has 0 amide bonds. The van der Waals surface area contributed by atoms with Gasteiger partial charge >= 0.3 is 5.97 Å². The third kappa shape index (κ3) is 14.1. The summed E-state index contributed by atoms with van der Waals surface area (Å²) in [6, 6.07) is 7.15. The summed E-state index contributed by atoms with van der Waals surface area (Å²) in [4.78, 5) is 33.0. The molecule has 2 aromatic heterocycles. The first-order valence-electron chi connectivity index (χ1n) is 16.4. The first-order chi connectivity index (χ1) is 20.6. The van der Waals surface area contributed by atoms with Gasteiger partial charge in [0, 0.05) is 43.4 Å².